The molecule has 10 atom stereocenters. The number of benzene rings is 2. The molecule has 4 rings (SSSR count). The lowest BCUT2D eigenvalue weighted by molar-refractivity contribution is -0.144. The number of nitrogens with zero attached hydrogens (tertiary/aromatic N) is 3. The normalized spacial score (nSPS) is 16.8. The average molecular weight is 1350 g/mol. The van der Waals surface area contributed by atoms with Gasteiger partial charge in [-0.25, -0.2) is 0 Å². The van der Waals surface area contributed by atoms with E-state index in [4.69, 9.17) is 40.1 Å². The fraction of sp³-hybridized carbons (Fsp3) is 0.587. The van der Waals surface area contributed by atoms with Gasteiger partial charge in [0, 0.05) is 45.3 Å². The zero-order valence-corrected chi connectivity index (χ0v) is 55.3. The predicted molar refractivity (Wildman–Crippen MR) is 356 cm³/mol. The van der Waals surface area contributed by atoms with Crippen LogP contribution in [0, 0.1) is 5.92 Å². The number of amides is 13. The van der Waals surface area contributed by atoms with E-state index in [1.807, 2.05) is 20.1 Å². The number of guanidine groups is 1. The van der Waals surface area contributed by atoms with E-state index >= 15 is 0 Å². The fourth-order valence-electron chi connectivity index (χ4n) is 11.0. The van der Waals surface area contributed by atoms with Gasteiger partial charge in [-0.3, -0.25) is 67.3 Å². The highest BCUT2D eigenvalue weighted by Gasteiger charge is 2.42. The quantitative estimate of drug-likeness (QED) is 0.0173. The molecule has 32 heteroatoms. The van der Waals surface area contributed by atoms with Crippen molar-refractivity contribution in [3.05, 3.63) is 71.8 Å². The highest BCUT2D eigenvalue weighted by molar-refractivity contribution is 7.98. The smallest absolute Gasteiger partial charge is 0.245 e. The first-order valence-electron chi connectivity index (χ1n) is 32.2. The highest BCUT2D eigenvalue weighted by Crippen LogP contribution is 2.24. The number of nitrogens with two attached hydrogens (primary N) is 7. The van der Waals surface area contributed by atoms with Gasteiger partial charge >= 0.3 is 0 Å². The molecule has 0 spiro atoms. The van der Waals surface area contributed by atoms with Crippen molar-refractivity contribution in [3.8, 4) is 0 Å². The maximum Gasteiger partial charge on any atom is 0.245 e. The minimum atomic E-state index is -1.64. The van der Waals surface area contributed by atoms with Crippen LogP contribution >= 0.6 is 11.8 Å². The first-order chi connectivity index (χ1) is 45.2. The maximum absolute atomic E-state index is 14.7. The summed E-state index contributed by atoms with van der Waals surface area (Å²) >= 11 is 1.45. The number of hydrogen-bond acceptors (Lipinski definition) is 17. The van der Waals surface area contributed by atoms with Gasteiger partial charge in [-0.2, -0.15) is 11.8 Å². The molecule has 2 fully saturated rings. The first kappa shape index (κ1) is 78.5. The number of unbranched alkanes of at least 4 members (excludes halogenated alkanes) is 1. The van der Waals surface area contributed by atoms with Crippen molar-refractivity contribution in [2.45, 2.75) is 183 Å². The molecule has 2 aliphatic rings. The first-order valence-corrected chi connectivity index (χ1v) is 33.6. The second-order valence-corrected chi connectivity index (χ2v) is 25.1. The second-order valence-electron chi connectivity index (χ2n) is 24.1. The molecule has 2 heterocycles. The minimum absolute atomic E-state index is 0.0736. The van der Waals surface area contributed by atoms with Crippen molar-refractivity contribution in [1.29, 1.82) is 0 Å². The largest absolute Gasteiger partial charge is 0.370 e. The zero-order chi connectivity index (χ0) is 70.1. The van der Waals surface area contributed by atoms with E-state index in [1.165, 1.54) is 21.6 Å². The number of thioether (sulfide) groups is 1. The van der Waals surface area contributed by atoms with Crippen LogP contribution in [0.15, 0.2) is 65.7 Å². The molecule has 95 heavy (non-hydrogen) atoms. The van der Waals surface area contributed by atoms with Crippen LogP contribution in [0.1, 0.15) is 121 Å². The zero-order valence-electron chi connectivity index (χ0n) is 54.5. The van der Waals surface area contributed by atoms with Crippen LogP contribution in [0.5, 0.6) is 0 Å². The molecule has 0 unspecified atom stereocenters. The van der Waals surface area contributed by atoms with E-state index in [2.05, 4.69) is 47.5 Å². The summed E-state index contributed by atoms with van der Waals surface area (Å²) in [5.41, 5.74) is 40.6. The van der Waals surface area contributed by atoms with Crippen LogP contribution in [-0.2, 0) is 75.2 Å². The van der Waals surface area contributed by atoms with Crippen LogP contribution in [0.2, 0.25) is 0 Å². The Labute approximate surface area is 558 Å². The van der Waals surface area contributed by atoms with E-state index in [0.29, 0.717) is 55.4 Å². The summed E-state index contributed by atoms with van der Waals surface area (Å²) in [5.74, 6) is -9.80. The second kappa shape index (κ2) is 41.0. The van der Waals surface area contributed by atoms with Gasteiger partial charge < -0.3 is 92.5 Å². The molecular weight excluding hydrogens is 1250 g/mol. The Morgan fingerprint density at radius 1 is 0.537 bits per heavy atom. The molecule has 0 saturated carbocycles. The van der Waals surface area contributed by atoms with Gasteiger partial charge in [0.25, 0.3) is 0 Å². The summed E-state index contributed by atoms with van der Waals surface area (Å²) in [6.45, 7) is 3.86. The molecule has 13 amide bonds. The van der Waals surface area contributed by atoms with Crippen molar-refractivity contribution in [2.24, 2.45) is 51.0 Å². The summed E-state index contributed by atoms with van der Waals surface area (Å²) in [6.07, 6.45) is 3.12. The van der Waals surface area contributed by atoms with E-state index < -0.39 is 169 Å². The van der Waals surface area contributed by atoms with Crippen LogP contribution in [0.4, 0.5) is 0 Å². The summed E-state index contributed by atoms with van der Waals surface area (Å²) < 4.78 is 0. The van der Waals surface area contributed by atoms with Crippen molar-refractivity contribution in [1.82, 2.24) is 52.3 Å². The van der Waals surface area contributed by atoms with Gasteiger partial charge in [-0.1, -0.05) is 74.5 Å². The molecule has 2 saturated heterocycles. The fourth-order valence-corrected chi connectivity index (χ4v) is 11.5. The van der Waals surface area contributed by atoms with Gasteiger partial charge in [0.1, 0.15) is 54.4 Å². The van der Waals surface area contributed by atoms with Crippen LogP contribution in [-0.4, -0.2) is 198 Å². The number of rotatable bonds is 42. The Morgan fingerprint density at radius 3 is 1.51 bits per heavy atom. The van der Waals surface area contributed by atoms with Crippen molar-refractivity contribution in [3.63, 3.8) is 0 Å². The number of hydrogen-bond donors (Lipinski definition) is 15. The summed E-state index contributed by atoms with van der Waals surface area (Å²) in [6, 6.07) is 4.51. The van der Waals surface area contributed by atoms with Gasteiger partial charge in [0.05, 0.1) is 12.6 Å². The number of carbonyl (C=O) groups is 13. The Balaban J connectivity index is 1.56. The molecule has 22 N–H and O–H groups in total. The van der Waals surface area contributed by atoms with Gasteiger partial charge in [-0.15, -0.1) is 0 Å². The van der Waals surface area contributed by atoms with Crippen LogP contribution in [0.25, 0.3) is 0 Å². The molecule has 0 aliphatic carbocycles. The number of carbonyl (C=O) groups excluding carboxylic acids is 13. The van der Waals surface area contributed by atoms with E-state index in [9.17, 15) is 62.3 Å². The molecular formula is C63H98N18O13S. The molecule has 0 radical (unpaired) electrons. The third kappa shape index (κ3) is 27.5. The molecule has 0 aromatic heterocycles. The number of likely N-dealkylation sites (tertiary alicyclic amines) is 2. The lowest BCUT2D eigenvalue weighted by atomic mass is 10.0. The lowest BCUT2D eigenvalue weighted by Crippen LogP contribution is -2.60. The Bertz CT molecular complexity index is 2960. The topological polar surface area (TPSA) is 519 Å². The van der Waals surface area contributed by atoms with Gasteiger partial charge in [0.2, 0.25) is 76.8 Å². The van der Waals surface area contributed by atoms with Crippen LogP contribution in [0.3, 0.4) is 0 Å². The molecule has 2 aliphatic heterocycles. The molecule has 2 aromatic carbocycles. The van der Waals surface area contributed by atoms with E-state index in [0.717, 1.165) is 0 Å². The monoisotopic (exact) mass is 1350 g/mol. The number of aliphatic imine (C=N–C) groups is 1. The number of primary amides is 3. The third-order valence-corrected chi connectivity index (χ3v) is 16.7. The van der Waals surface area contributed by atoms with Gasteiger partial charge in [-0.05, 0) is 119 Å². The van der Waals surface area contributed by atoms with Crippen molar-refractivity contribution >= 4 is 94.5 Å². The maximum atomic E-state index is 14.7. The van der Waals surface area contributed by atoms with Crippen molar-refractivity contribution in [2.75, 3.05) is 44.7 Å². The minimum Gasteiger partial charge on any atom is -0.370 e. The predicted octanol–water partition coefficient (Wildman–Crippen LogP) is -3.71. The van der Waals surface area contributed by atoms with Gasteiger partial charge in [0.15, 0.2) is 5.96 Å². The van der Waals surface area contributed by atoms with Crippen molar-refractivity contribution < 1.29 is 62.3 Å². The van der Waals surface area contributed by atoms with Crippen LogP contribution < -0.4 is 82.7 Å². The Hall–Kier alpha value is -8.91. The number of nitrogens with one attached hydrogen (secondary N) is 8. The summed E-state index contributed by atoms with van der Waals surface area (Å²) in [5, 5.41) is 21.1. The molecule has 0 bridgehead atoms. The SMILES string of the molecule is CSCC[C@H](NC(=O)[C@H](CC(C)C)NC(=O)CNC(=O)[C@H](Cc1ccccc1)NC(=O)[C@@H](Cc1ccccc1)NC(=O)[C@@H](CCC(N)=O)NC(=O)[C@@H](CCC(N)=O)NC(=O)[C@@H]1CCCN1C(=O)[C@H](CCCCN)NC(=O)[C@H]1CCCN1C(=O)[C@H](N)CCCN=C(N)N)C(N)=O. The standard InChI is InChI=1S/C63H98N18O13S/c1-37(2)33-45(57(89)74-41(53(68)85)27-32-95-3)73-52(84)36-72-54(86)46(34-38-15-6-4-7-16-38)78-58(90)47(35-39-17-8-5-9-18-39)79-56(88)42(23-25-50(66)82)75-55(87)43(24-26-51(67)83)76-59(91)49-22-14-31-81(49)62(94)44(20-10-11-28-64)77-60(92)48-21-13-30-80(48)61(93)40(65)19-12-29-71-63(69)70/h4-9,15-18,37,40-49H,10-14,19-36,64-65H2,1-3H3,(H2,66,82)(H2,67,83)(H2,68,85)(H,72,86)(H,73,84)(H,74,89)(H,75,87)(H,76,91)(H,77,92)(H,78,90)(H,79,88)(H4,69,70,71)/t40-,41+,42-,43-,44+,45+,46+,47-,48-,49+/m1/s1. The van der Waals surface area contributed by atoms with E-state index in [-0.39, 0.29) is 83.0 Å². The Kier molecular flexibility index (Phi) is 33.9. The summed E-state index contributed by atoms with van der Waals surface area (Å²) in [7, 11) is 0. The molecule has 524 valence electrons. The lowest BCUT2D eigenvalue weighted by Gasteiger charge is -2.32. The highest BCUT2D eigenvalue weighted by atomic mass is 32.2. The molecule has 2 aromatic rings. The summed E-state index contributed by atoms with van der Waals surface area (Å²) in [4.78, 5) is 185. The average Bonchev–Trinajstić information content (AvgIpc) is 1.74. The Morgan fingerprint density at radius 2 is 1.01 bits per heavy atom. The third-order valence-electron chi connectivity index (χ3n) is 16.0. The molecule has 31 nitrogen and oxygen atoms in total. The van der Waals surface area contributed by atoms with E-state index in [1.54, 1.807) is 60.7 Å².